The molecule has 0 radical (unpaired) electrons. The second kappa shape index (κ2) is 3.19. The van der Waals surface area contributed by atoms with E-state index in [9.17, 15) is 4.79 Å². The fraction of sp³-hybridized carbons (Fsp3) is 0.857. The molecular weight excluding hydrogens is 146 g/mol. The Balaban J connectivity index is 2.59. The number of hydrogen-bond acceptors (Lipinski definition) is 3. The number of hydrogen-bond donors (Lipinski definition) is 2. The minimum Gasteiger partial charge on any atom is -0.481 e. The second-order valence-electron chi connectivity index (χ2n) is 3.10. The van der Waals surface area contributed by atoms with Crippen LogP contribution < -0.4 is 5.32 Å². The summed E-state index contributed by atoms with van der Waals surface area (Å²) >= 11 is 0. The van der Waals surface area contributed by atoms with Crippen molar-refractivity contribution in [3.8, 4) is 0 Å². The quantitative estimate of drug-likeness (QED) is 0.551. The largest absolute Gasteiger partial charge is 0.481 e. The van der Waals surface area contributed by atoms with Gasteiger partial charge >= 0.3 is 5.97 Å². The van der Waals surface area contributed by atoms with Crippen molar-refractivity contribution in [2.45, 2.75) is 6.92 Å². The summed E-state index contributed by atoms with van der Waals surface area (Å²) in [7, 11) is 0. The minimum absolute atomic E-state index is 0.301. The SMILES string of the molecule is CC1(C(=O)O)CNCCOC1. The first-order valence-corrected chi connectivity index (χ1v) is 3.67. The predicted octanol–water partition coefficient (Wildman–Crippen LogP) is -0.303. The highest BCUT2D eigenvalue weighted by Gasteiger charge is 2.34. The van der Waals surface area contributed by atoms with E-state index in [1.165, 1.54) is 0 Å². The Labute approximate surface area is 65.5 Å². The maximum atomic E-state index is 10.7. The third kappa shape index (κ3) is 1.91. The van der Waals surface area contributed by atoms with E-state index >= 15 is 0 Å². The van der Waals surface area contributed by atoms with Gasteiger partial charge in [0.2, 0.25) is 0 Å². The Morgan fingerprint density at radius 2 is 2.45 bits per heavy atom. The minimum atomic E-state index is -0.799. The number of ether oxygens (including phenoxy) is 1. The predicted molar refractivity (Wildman–Crippen MR) is 39.4 cm³/mol. The highest BCUT2D eigenvalue weighted by Crippen LogP contribution is 2.17. The Morgan fingerprint density at radius 3 is 3.09 bits per heavy atom. The summed E-state index contributed by atoms with van der Waals surface area (Å²) in [5, 5.41) is 11.8. The van der Waals surface area contributed by atoms with Crippen LogP contribution in [-0.4, -0.2) is 37.4 Å². The zero-order valence-corrected chi connectivity index (χ0v) is 6.59. The zero-order valence-electron chi connectivity index (χ0n) is 6.59. The normalized spacial score (nSPS) is 32.8. The molecule has 1 atom stereocenters. The molecule has 4 heteroatoms. The molecule has 0 bridgehead atoms. The van der Waals surface area contributed by atoms with Crippen LogP contribution >= 0.6 is 0 Å². The molecule has 1 aliphatic rings. The first-order valence-electron chi connectivity index (χ1n) is 3.67. The van der Waals surface area contributed by atoms with E-state index in [-0.39, 0.29) is 0 Å². The van der Waals surface area contributed by atoms with Crippen molar-refractivity contribution < 1.29 is 14.6 Å². The highest BCUT2D eigenvalue weighted by atomic mass is 16.5. The van der Waals surface area contributed by atoms with Gasteiger partial charge in [0.15, 0.2) is 0 Å². The van der Waals surface area contributed by atoms with Crippen molar-refractivity contribution in [3.05, 3.63) is 0 Å². The van der Waals surface area contributed by atoms with Crippen molar-refractivity contribution in [3.63, 3.8) is 0 Å². The smallest absolute Gasteiger partial charge is 0.313 e. The lowest BCUT2D eigenvalue weighted by molar-refractivity contribution is -0.150. The molecule has 1 fully saturated rings. The molecule has 0 saturated carbocycles. The van der Waals surface area contributed by atoms with Gasteiger partial charge in [0.1, 0.15) is 5.41 Å². The third-order valence-electron chi connectivity index (χ3n) is 1.88. The van der Waals surface area contributed by atoms with Gasteiger partial charge in [-0.1, -0.05) is 0 Å². The maximum absolute atomic E-state index is 10.7. The molecule has 1 heterocycles. The first-order chi connectivity index (χ1) is 5.15. The molecule has 2 N–H and O–H groups in total. The lowest BCUT2D eigenvalue weighted by Crippen LogP contribution is -2.39. The topological polar surface area (TPSA) is 58.6 Å². The number of aliphatic carboxylic acids is 1. The van der Waals surface area contributed by atoms with Gasteiger partial charge in [-0.05, 0) is 6.92 Å². The number of carbonyl (C=O) groups is 1. The molecule has 0 aromatic heterocycles. The Kier molecular flexibility index (Phi) is 2.46. The molecule has 11 heavy (non-hydrogen) atoms. The van der Waals surface area contributed by atoms with E-state index in [2.05, 4.69) is 5.32 Å². The van der Waals surface area contributed by atoms with Crippen LogP contribution in [0.5, 0.6) is 0 Å². The molecule has 0 aliphatic carbocycles. The fourth-order valence-electron chi connectivity index (χ4n) is 0.994. The van der Waals surface area contributed by atoms with Crippen molar-refractivity contribution in [1.82, 2.24) is 5.32 Å². The molecule has 0 aromatic carbocycles. The molecule has 64 valence electrons. The Bertz CT molecular complexity index is 150. The molecule has 1 unspecified atom stereocenters. The lowest BCUT2D eigenvalue weighted by atomic mass is 9.92. The molecular formula is C7H13NO3. The van der Waals surface area contributed by atoms with Crippen LogP contribution in [0.1, 0.15) is 6.92 Å². The summed E-state index contributed by atoms with van der Waals surface area (Å²) < 4.78 is 5.13. The molecule has 0 spiro atoms. The van der Waals surface area contributed by atoms with Crippen molar-refractivity contribution in [1.29, 1.82) is 0 Å². The number of carboxylic acids is 1. The van der Waals surface area contributed by atoms with Crippen LogP contribution in [0.4, 0.5) is 0 Å². The van der Waals surface area contributed by atoms with Gasteiger partial charge < -0.3 is 15.2 Å². The van der Waals surface area contributed by atoms with E-state index in [0.717, 1.165) is 6.54 Å². The molecule has 1 aliphatic heterocycles. The first kappa shape index (κ1) is 8.49. The van der Waals surface area contributed by atoms with Gasteiger partial charge in [-0.2, -0.15) is 0 Å². The standard InChI is InChI=1S/C7H13NO3/c1-7(6(9)10)4-8-2-3-11-5-7/h8H,2-5H2,1H3,(H,9,10). The Morgan fingerprint density at radius 1 is 1.73 bits per heavy atom. The van der Waals surface area contributed by atoms with Crippen LogP contribution in [0, 0.1) is 5.41 Å². The number of nitrogens with one attached hydrogen (secondary N) is 1. The van der Waals surface area contributed by atoms with Gasteiger partial charge in [-0.15, -0.1) is 0 Å². The van der Waals surface area contributed by atoms with Gasteiger partial charge in [0.05, 0.1) is 13.2 Å². The van der Waals surface area contributed by atoms with Crippen LogP contribution in [0.3, 0.4) is 0 Å². The van der Waals surface area contributed by atoms with Gasteiger partial charge in [0.25, 0.3) is 0 Å². The van der Waals surface area contributed by atoms with Crippen molar-refractivity contribution >= 4 is 5.97 Å². The van der Waals surface area contributed by atoms with E-state index in [0.29, 0.717) is 19.8 Å². The van der Waals surface area contributed by atoms with Gasteiger partial charge in [0, 0.05) is 13.1 Å². The second-order valence-corrected chi connectivity index (χ2v) is 3.10. The van der Waals surface area contributed by atoms with Crippen LogP contribution in [0.25, 0.3) is 0 Å². The summed E-state index contributed by atoms with van der Waals surface area (Å²) in [5.41, 5.74) is -0.753. The molecule has 0 aromatic rings. The summed E-state index contributed by atoms with van der Waals surface area (Å²) in [4.78, 5) is 10.7. The number of carboxylic acid groups (broad SMARTS) is 1. The molecule has 1 saturated heterocycles. The van der Waals surface area contributed by atoms with Gasteiger partial charge in [-0.25, -0.2) is 0 Å². The average Bonchev–Trinajstić information content (AvgIpc) is 2.15. The lowest BCUT2D eigenvalue weighted by Gasteiger charge is -2.20. The van der Waals surface area contributed by atoms with E-state index in [1.807, 2.05) is 0 Å². The van der Waals surface area contributed by atoms with Gasteiger partial charge in [-0.3, -0.25) is 4.79 Å². The van der Waals surface area contributed by atoms with Crippen LogP contribution in [-0.2, 0) is 9.53 Å². The van der Waals surface area contributed by atoms with Crippen molar-refractivity contribution in [2.75, 3.05) is 26.3 Å². The average molecular weight is 159 g/mol. The molecule has 0 amide bonds. The Hall–Kier alpha value is -0.610. The fourth-order valence-corrected chi connectivity index (χ4v) is 0.994. The third-order valence-corrected chi connectivity index (χ3v) is 1.88. The summed E-state index contributed by atoms with van der Waals surface area (Å²) in [6, 6.07) is 0. The zero-order chi connectivity index (χ0) is 8.32. The van der Waals surface area contributed by atoms with E-state index in [1.54, 1.807) is 6.92 Å². The van der Waals surface area contributed by atoms with E-state index < -0.39 is 11.4 Å². The monoisotopic (exact) mass is 159 g/mol. The number of rotatable bonds is 1. The maximum Gasteiger partial charge on any atom is 0.313 e. The van der Waals surface area contributed by atoms with E-state index in [4.69, 9.17) is 9.84 Å². The van der Waals surface area contributed by atoms with Crippen molar-refractivity contribution in [2.24, 2.45) is 5.41 Å². The van der Waals surface area contributed by atoms with Crippen LogP contribution in [0.15, 0.2) is 0 Å². The summed E-state index contributed by atoms with van der Waals surface area (Å²) in [6.07, 6.45) is 0. The summed E-state index contributed by atoms with van der Waals surface area (Å²) in [5.74, 6) is -0.799. The van der Waals surface area contributed by atoms with Crippen LogP contribution in [0.2, 0.25) is 0 Å². The summed E-state index contributed by atoms with van der Waals surface area (Å²) in [6.45, 7) is 3.82. The molecule has 4 nitrogen and oxygen atoms in total. The highest BCUT2D eigenvalue weighted by molar-refractivity contribution is 5.74. The molecule has 1 rings (SSSR count).